The van der Waals surface area contributed by atoms with Crippen LogP contribution in [0, 0.1) is 8.98 Å². The smallest absolute Gasteiger partial charge is 0.331 e. The van der Waals surface area contributed by atoms with Crippen LogP contribution in [0.4, 0.5) is 5.69 Å². The Morgan fingerprint density at radius 3 is 1.31 bits per heavy atom. The molecule has 11 nitrogen and oxygen atoms in total. The fourth-order valence-electron chi connectivity index (χ4n) is 3.62. The van der Waals surface area contributed by atoms with Gasteiger partial charge in [-0.05, 0) is 116 Å². The van der Waals surface area contributed by atoms with Crippen molar-refractivity contribution < 1.29 is 14.3 Å². The van der Waals surface area contributed by atoms with Crippen LogP contribution in [0.5, 0.6) is 0 Å². The monoisotopic (exact) mass is 1390 g/mol. The van der Waals surface area contributed by atoms with Gasteiger partial charge < -0.3 is 33.4 Å². The highest BCUT2D eigenvalue weighted by Gasteiger charge is 2.14. The van der Waals surface area contributed by atoms with Crippen molar-refractivity contribution in [3.05, 3.63) is 162 Å². The standard InChI is InChI=1S/C13H13Cl3O2.C8H7Cl3N4.C7H3Cl3O.C6H2Cl3I.C6H4Cl3N.C2H7N3.ClH/c1-13(2,3)18-12(17)5-4-8-6-10(15)11(16)7-9(8)14;9-5-2-7(11)6(10)1-4(5)3-14-15-8(12)13;8-5-2-7(10)6(9)1-4(5)3-11;2*7-3-1-5(9)6(10)2-4(3)8;3-1-2(4)5;/h4-7H,1-3H3;1-3H,(H4,12,13,15);1-3H;1-2H;1-2H,10H2;1,3H2,(H3,4,5);1H/b5-4+;14-3+;;;;;. The Hall–Kier alpha value is -1.48. The maximum atomic E-state index is 11.5. The van der Waals surface area contributed by atoms with Gasteiger partial charge >= 0.3 is 5.97 Å². The summed E-state index contributed by atoms with van der Waals surface area (Å²) >= 11 is 87.9. The summed E-state index contributed by atoms with van der Waals surface area (Å²) in [5.41, 5.74) is 26.6. The van der Waals surface area contributed by atoms with Crippen LogP contribution in [0.25, 0.3) is 6.08 Å². The molecule has 0 atom stereocenters. The minimum Gasteiger partial charge on any atom is -0.457 e. The lowest BCUT2D eigenvalue weighted by atomic mass is 10.2. The molecule has 0 spiro atoms. The second kappa shape index (κ2) is 35.7. The van der Waals surface area contributed by atoms with E-state index in [1.54, 1.807) is 51.1 Å². The SMILES string of the molecule is CC(C)(C)OC(=O)/C=C/c1cc(Cl)c(Cl)cc1Cl.Cl.Clc1cc(Cl)c(I)cc1Cl.N=C(N)CN.NC(N)=N/N=C/c1cc(Cl)c(Cl)cc1Cl.Nc1cc(Cl)c(Cl)cc1Cl.O=Cc1cc(Cl)c(Cl)cc1Cl. The first-order valence-electron chi connectivity index (χ1n) is 18.0. The predicted molar refractivity (Wildman–Crippen MR) is 316 cm³/mol. The molecule has 5 aromatic carbocycles. The molecular weight excluding hydrogens is 1360 g/mol. The molecule has 0 saturated heterocycles. The van der Waals surface area contributed by atoms with Gasteiger partial charge in [-0.1, -0.05) is 174 Å². The number of nitrogen functional groups attached to an aromatic ring is 1. The lowest BCUT2D eigenvalue weighted by Crippen LogP contribution is -2.22. The van der Waals surface area contributed by atoms with Gasteiger partial charge in [0, 0.05) is 25.8 Å². The molecule has 0 fully saturated rings. The highest BCUT2D eigenvalue weighted by Crippen LogP contribution is 2.33. The molecule has 0 aromatic heterocycles. The number of guanidine groups is 1. The first-order valence-corrected chi connectivity index (χ1v) is 24.7. The van der Waals surface area contributed by atoms with E-state index in [1.807, 2.05) is 0 Å². The van der Waals surface area contributed by atoms with E-state index in [0.29, 0.717) is 104 Å². The van der Waals surface area contributed by atoms with Crippen molar-refractivity contribution >= 4 is 251 Å². The van der Waals surface area contributed by atoms with Gasteiger partial charge in [-0.15, -0.1) is 17.5 Å². The van der Waals surface area contributed by atoms with Crippen LogP contribution < -0.4 is 28.7 Å². The zero-order valence-electron chi connectivity index (χ0n) is 35.8. The van der Waals surface area contributed by atoms with Gasteiger partial charge in [-0.25, -0.2) is 4.79 Å². The van der Waals surface area contributed by atoms with Gasteiger partial charge in [0.15, 0.2) is 6.29 Å². The summed E-state index contributed by atoms with van der Waals surface area (Å²) < 4.78 is 6.04. The molecule has 70 heavy (non-hydrogen) atoms. The number of nitrogens with two attached hydrogens (primary N) is 5. The van der Waals surface area contributed by atoms with Crippen LogP contribution in [0.2, 0.25) is 75.3 Å². The number of aldehydes is 1. The van der Waals surface area contributed by atoms with Gasteiger partial charge in [0.25, 0.3) is 0 Å². The third-order valence-corrected chi connectivity index (χ3v) is 13.1. The normalized spacial score (nSPS) is 10.2. The molecule has 382 valence electrons. The van der Waals surface area contributed by atoms with Crippen LogP contribution in [0.3, 0.4) is 0 Å². The lowest BCUT2D eigenvalue weighted by Gasteiger charge is -2.17. The van der Waals surface area contributed by atoms with Crippen molar-refractivity contribution in [2.24, 2.45) is 33.1 Å². The Bertz CT molecular complexity index is 2510. The molecule has 0 saturated carbocycles. The van der Waals surface area contributed by atoms with Gasteiger partial charge in [0.05, 0.1) is 88.8 Å². The third-order valence-electron chi connectivity index (χ3n) is 6.64. The summed E-state index contributed by atoms with van der Waals surface area (Å²) in [5, 5.41) is 19.7. The summed E-state index contributed by atoms with van der Waals surface area (Å²) in [6.07, 6.45) is 4.85. The molecule has 0 aliphatic rings. The number of amidine groups is 1. The Morgan fingerprint density at radius 1 is 0.586 bits per heavy atom. The maximum absolute atomic E-state index is 11.5. The van der Waals surface area contributed by atoms with Gasteiger partial charge in [0.1, 0.15) is 11.4 Å². The number of anilines is 1. The molecule has 0 heterocycles. The fourth-order valence-corrected chi connectivity index (χ4v) is 7.19. The molecule has 0 unspecified atom stereocenters. The Kier molecular flexibility index (Phi) is 36.0. The van der Waals surface area contributed by atoms with E-state index in [0.717, 1.165) is 3.57 Å². The van der Waals surface area contributed by atoms with E-state index >= 15 is 0 Å². The number of benzene rings is 5. The number of ether oxygens (including phenoxy) is 1. The van der Waals surface area contributed by atoms with Crippen LogP contribution in [0.15, 0.2) is 76.9 Å². The van der Waals surface area contributed by atoms with Crippen molar-refractivity contribution in [2.75, 3.05) is 12.3 Å². The number of halogens is 17. The number of rotatable bonds is 6. The second-order valence-electron chi connectivity index (χ2n) is 13.3. The van der Waals surface area contributed by atoms with E-state index in [1.165, 1.54) is 48.7 Å². The lowest BCUT2D eigenvalue weighted by molar-refractivity contribution is -0.148. The zero-order valence-corrected chi connectivity index (χ0v) is 50.1. The maximum Gasteiger partial charge on any atom is 0.331 e. The predicted octanol–water partition coefficient (Wildman–Crippen LogP) is 17.5. The molecule has 0 radical (unpaired) electrons. The van der Waals surface area contributed by atoms with Gasteiger partial charge in [-0.3, -0.25) is 10.2 Å². The van der Waals surface area contributed by atoms with Crippen molar-refractivity contribution in [1.82, 2.24) is 0 Å². The topological polar surface area (TPSA) is 222 Å². The van der Waals surface area contributed by atoms with Crippen molar-refractivity contribution in [3.63, 3.8) is 0 Å². The second-order valence-corrected chi connectivity index (χ2v) is 20.6. The third kappa shape index (κ3) is 29.4. The molecule has 5 rings (SSSR count). The van der Waals surface area contributed by atoms with E-state index in [9.17, 15) is 9.59 Å². The van der Waals surface area contributed by atoms with E-state index in [-0.39, 0.29) is 30.7 Å². The van der Waals surface area contributed by atoms with Crippen LogP contribution >= 0.6 is 209 Å². The number of hydrogen-bond acceptors (Lipinski definition) is 8. The Balaban J connectivity index is 0. The summed E-state index contributed by atoms with van der Waals surface area (Å²) in [4.78, 5) is 21.8. The van der Waals surface area contributed by atoms with Gasteiger partial charge in [-0.2, -0.15) is 5.10 Å². The first kappa shape index (κ1) is 70.6. The van der Waals surface area contributed by atoms with E-state index < -0.39 is 11.6 Å². The molecule has 0 amide bonds. The number of nitrogens with zero attached hydrogens (tertiary/aromatic N) is 2. The average Bonchev–Trinajstić information content (AvgIpc) is 3.24. The zero-order chi connectivity index (χ0) is 53.5. The molecule has 28 heteroatoms. The van der Waals surface area contributed by atoms with Crippen molar-refractivity contribution in [2.45, 2.75) is 26.4 Å². The van der Waals surface area contributed by atoms with Gasteiger partial charge in [0.2, 0.25) is 5.96 Å². The summed E-state index contributed by atoms with van der Waals surface area (Å²) in [5.74, 6) is -0.544. The first-order chi connectivity index (χ1) is 31.8. The van der Waals surface area contributed by atoms with Crippen LogP contribution in [-0.4, -0.2) is 42.4 Å². The molecular formula is C42H37Cl16IN8O3. The van der Waals surface area contributed by atoms with E-state index in [2.05, 4.69) is 32.8 Å². The largest absolute Gasteiger partial charge is 0.457 e. The fraction of sp³-hybridized carbons (Fsp3) is 0.119. The summed E-state index contributed by atoms with van der Waals surface area (Å²) in [7, 11) is 0. The molecule has 0 bridgehead atoms. The minimum absolute atomic E-state index is 0. The highest BCUT2D eigenvalue weighted by molar-refractivity contribution is 14.1. The quantitative estimate of drug-likeness (QED) is 0.0110. The highest BCUT2D eigenvalue weighted by atomic mass is 127. The number of hydrogen-bond donors (Lipinski definition) is 6. The summed E-state index contributed by atoms with van der Waals surface area (Å²) in [6.45, 7) is 5.56. The number of esters is 1. The van der Waals surface area contributed by atoms with Crippen molar-refractivity contribution in [1.29, 1.82) is 5.41 Å². The Morgan fingerprint density at radius 2 is 0.929 bits per heavy atom. The van der Waals surface area contributed by atoms with Crippen LogP contribution in [0.1, 0.15) is 42.3 Å². The molecule has 0 aliphatic carbocycles. The van der Waals surface area contributed by atoms with E-state index in [4.69, 9.17) is 213 Å². The number of carbonyl (C=O) groups excluding carboxylic acids is 2. The molecule has 5 aromatic rings. The molecule has 0 aliphatic heterocycles. The average molecular weight is 1400 g/mol. The minimum atomic E-state index is -0.525. The van der Waals surface area contributed by atoms with Crippen LogP contribution in [-0.2, 0) is 9.53 Å². The van der Waals surface area contributed by atoms with Crippen molar-refractivity contribution in [3.8, 4) is 0 Å². The molecule has 11 N–H and O–H groups in total. The number of carbonyl (C=O) groups is 2. The number of nitrogens with one attached hydrogen (secondary N) is 1. The summed E-state index contributed by atoms with van der Waals surface area (Å²) in [6, 6.07) is 15.5. The Labute approximate surface area is 499 Å².